The summed E-state index contributed by atoms with van der Waals surface area (Å²) in [6, 6.07) is 9.21. The monoisotopic (exact) mass is 494 g/mol. The van der Waals surface area contributed by atoms with Crippen LogP contribution in [0.25, 0.3) is 11.0 Å². The summed E-state index contributed by atoms with van der Waals surface area (Å²) in [5, 5.41) is 2.74. The molecule has 0 unspecified atom stereocenters. The van der Waals surface area contributed by atoms with E-state index in [1.54, 1.807) is 12.1 Å². The lowest BCUT2D eigenvalue weighted by atomic mass is 10.1. The Morgan fingerprint density at radius 3 is 2.50 bits per heavy atom. The average molecular weight is 495 g/mol. The van der Waals surface area contributed by atoms with Gasteiger partial charge >= 0.3 is 6.18 Å². The molecule has 0 saturated carbocycles. The highest BCUT2D eigenvalue weighted by Gasteiger charge is 2.38. The molecule has 7 nitrogen and oxygen atoms in total. The van der Waals surface area contributed by atoms with Gasteiger partial charge in [-0.2, -0.15) is 17.5 Å². The third kappa shape index (κ3) is 4.67. The topological polar surface area (TPSA) is 84.3 Å². The van der Waals surface area contributed by atoms with Crippen LogP contribution in [-0.4, -0.2) is 41.3 Å². The number of aryl methyl sites for hydroxylation is 2. The molecule has 1 aliphatic heterocycles. The molecule has 1 N–H and O–H groups in total. The van der Waals surface area contributed by atoms with Gasteiger partial charge in [-0.05, 0) is 62.1 Å². The number of nitrogens with zero attached hydrogens (tertiary/aromatic N) is 3. The summed E-state index contributed by atoms with van der Waals surface area (Å²) >= 11 is 0. The molecule has 2 heterocycles. The van der Waals surface area contributed by atoms with Crippen molar-refractivity contribution in [2.24, 2.45) is 0 Å². The third-order valence-electron chi connectivity index (χ3n) is 6.12. The van der Waals surface area contributed by atoms with E-state index in [9.17, 15) is 26.4 Å². The number of hydrogen-bond acceptors (Lipinski definition) is 4. The Morgan fingerprint density at radius 2 is 1.82 bits per heavy atom. The summed E-state index contributed by atoms with van der Waals surface area (Å²) < 4.78 is 69.1. The lowest BCUT2D eigenvalue weighted by molar-refractivity contribution is -0.147. The van der Waals surface area contributed by atoms with Crippen molar-refractivity contribution in [3.05, 3.63) is 53.3 Å². The molecule has 4 rings (SSSR count). The number of imidazole rings is 1. The smallest absolute Gasteiger partial charge is 0.326 e. The second-order valence-electron chi connectivity index (χ2n) is 8.39. The second kappa shape index (κ2) is 9.03. The number of carbonyl (C=O) groups is 1. The molecule has 1 fully saturated rings. The van der Waals surface area contributed by atoms with Crippen molar-refractivity contribution in [3.8, 4) is 0 Å². The summed E-state index contributed by atoms with van der Waals surface area (Å²) in [5.41, 5.74) is 2.51. The minimum atomic E-state index is -4.77. The van der Waals surface area contributed by atoms with Crippen molar-refractivity contribution in [1.82, 2.24) is 13.9 Å². The molecule has 0 aliphatic carbocycles. The van der Waals surface area contributed by atoms with Gasteiger partial charge in [0.15, 0.2) is 0 Å². The number of hydrogen-bond donors (Lipinski definition) is 1. The molecule has 11 heteroatoms. The van der Waals surface area contributed by atoms with Crippen LogP contribution in [0.1, 0.15) is 36.2 Å². The maximum atomic E-state index is 13.7. The normalized spacial score (nSPS) is 15.2. The zero-order chi connectivity index (χ0) is 24.7. The van der Waals surface area contributed by atoms with E-state index in [2.05, 4.69) is 10.3 Å². The van der Waals surface area contributed by atoms with Gasteiger partial charge in [0, 0.05) is 31.7 Å². The first-order chi connectivity index (χ1) is 16.0. The Labute approximate surface area is 195 Å². The highest BCUT2D eigenvalue weighted by atomic mass is 32.2. The van der Waals surface area contributed by atoms with Gasteiger partial charge in [0.2, 0.25) is 21.8 Å². The fourth-order valence-corrected chi connectivity index (χ4v) is 5.64. The maximum Gasteiger partial charge on any atom is 0.449 e. The zero-order valence-electron chi connectivity index (χ0n) is 18.8. The first kappa shape index (κ1) is 24.2. The summed E-state index contributed by atoms with van der Waals surface area (Å²) in [6.45, 7) is 4.26. The molecule has 3 aromatic rings. The lowest BCUT2D eigenvalue weighted by Crippen LogP contribution is -2.27. The molecule has 2 aromatic carbocycles. The summed E-state index contributed by atoms with van der Waals surface area (Å²) in [6.07, 6.45) is -3.48. The predicted molar refractivity (Wildman–Crippen MR) is 122 cm³/mol. The molecular weight excluding hydrogens is 469 g/mol. The van der Waals surface area contributed by atoms with E-state index in [0.29, 0.717) is 18.8 Å². The van der Waals surface area contributed by atoms with Crippen molar-refractivity contribution in [2.45, 2.75) is 50.7 Å². The van der Waals surface area contributed by atoms with E-state index in [4.69, 9.17) is 0 Å². The number of halogens is 3. The quantitative estimate of drug-likeness (QED) is 0.548. The second-order valence-corrected chi connectivity index (χ2v) is 10.3. The number of benzene rings is 2. The zero-order valence-corrected chi connectivity index (χ0v) is 19.6. The van der Waals surface area contributed by atoms with Gasteiger partial charge in [-0.25, -0.2) is 13.4 Å². The van der Waals surface area contributed by atoms with Crippen molar-refractivity contribution in [3.63, 3.8) is 0 Å². The number of rotatable bonds is 6. The van der Waals surface area contributed by atoms with E-state index < -0.39 is 27.9 Å². The number of fused-ring (bicyclic) bond motifs is 1. The van der Waals surface area contributed by atoms with Gasteiger partial charge in [-0.3, -0.25) is 4.79 Å². The molecule has 1 amide bonds. The Balaban J connectivity index is 1.62. The highest BCUT2D eigenvalue weighted by Crippen LogP contribution is 2.33. The van der Waals surface area contributed by atoms with Crippen LogP contribution in [0.3, 0.4) is 0 Å². The van der Waals surface area contributed by atoms with Gasteiger partial charge in [-0.15, -0.1) is 0 Å². The third-order valence-corrected chi connectivity index (χ3v) is 8.01. The SMILES string of the molecule is Cc1cccc(NC(=O)CCn2c(C(F)(F)F)nc3cc(S(=O)(=O)N4CCCC4)ccc32)c1C. The maximum absolute atomic E-state index is 13.7. The van der Waals surface area contributed by atoms with Crippen LogP contribution in [0.4, 0.5) is 18.9 Å². The van der Waals surface area contributed by atoms with Crippen LogP contribution in [-0.2, 0) is 27.5 Å². The van der Waals surface area contributed by atoms with Crippen molar-refractivity contribution in [2.75, 3.05) is 18.4 Å². The number of aromatic nitrogens is 2. The standard InChI is InChI=1S/C23H25F3N4O3S/c1-15-6-5-7-18(16(15)2)27-21(31)10-13-30-20-9-8-17(34(32,33)29-11-3-4-12-29)14-19(20)28-22(30)23(24,25)26/h5-9,14H,3-4,10-13H2,1-2H3,(H,27,31). The Morgan fingerprint density at radius 1 is 1.12 bits per heavy atom. The molecule has 0 spiro atoms. The fraction of sp³-hybridized carbons (Fsp3) is 0.391. The van der Waals surface area contributed by atoms with E-state index in [1.165, 1.54) is 22.5 Å². The van der Waals surface area contributed by atoms with E-state index >= 15 is 0 Å². The molecule has 0 radical (unpaired) electrons. The van der Waals surface area contributed by atoms with Crippen LogP contribution < -0.4 is 5.32 Å². The van der Waals surface area contributed by atoms with Crippen LogP contribution in [0.2, 0.25) is 0 Å². The van der Waals surface area contributed by atoms with E-state index in [1.807, 2.05) is 19.9 Å². The number of anilines is 1. The molecule has 0 bridgehead atoms. The number of nitrogens with one attached hydrogen (secondary N) is 1. The number of carbonyl (C=O) groups excluding carboxylic acids is 1. The lowest BCUT2D eigenvalue weighted by Gasteiger charge is -2.15. The Kier molecular flexibility index (Phi) is 6.43. The number of alkyl halides is 3. The molecule has 1 aliphatic rings. The van der Waals surface area contributed by atoms with Gasteiger partial charge in [0.1, 0.15) is 0 Å². The van der Waals surface area contributed by atoms with Crippen LogP contribution in [0, 0.1) is 13.8 Å². The highest BCUT2D eigenvalue weighted by molar-refractivity contribution is 7.89. The number of amides is 1. The average Bonchev–Trinajstić information content (AvgIpc) is 3.43. The molecule has 0 atom stereocenters. The van der Waals surface area contributed by atoms with Crippen molar-refractivity contribution in [1.29, 1.82) is 0 Å². The number of sulfonamides is 1. The van der Waals surface area contributed by atoms with Crippen molar-refractivity contribution >= 4 is 32.7 Å². The van der Waals surface area contributed by atoms with Crippen molar-refractivity contribution < 1.29 is 26.4 Å². The molecule has 182 valence electrons. The minimum Gasteiger partial charge on any atom is -0.326 e. The van der Waals surface area contributed by atoms with Gasteiger partial charge in [-0.1, -0.05) is 12.1 Å². The minimum absolute atomic E-state index is 0.0810. The fourth-order valence-electron chi connectivity index (χ4n) is 4.10. The first-order valence-electron chi connectivity index (χ1n) is 10.9. The first-order valence-corrected chi connectivity index (χ1v) is 12.4. The molecule has 34 heavy (non-hydrogen) atoms. The summed E-state index contributed by atoms with van der Waals surface area (Å²) in [4.78, 5) is 16.1. The van der Waals surface area contributed by atoms with Crippen LogP contribution >= 0.6 is 0 Å². The Hall–Kier alpha value is -2.92. The van der Waals surface area contributed by atoms with Gasteiger partial charge in [0.25, 0.3) is 0 Å². The van der Waals surface area contributed by atoms with E-state index in [0.717, 1.165) is 28.5 Å². The molecule has 1 aromatic heterocycles. The van der Waals surface area contributed by atoms with E-state index in [-0.39, 0.29) is 28.9 Å². The van der Waals surface area contributed by atoms with Crippen LogP contribution in [0.15, 0.2) is 41.3 Å². The summed E-state index contributed by atoms with van der Waals surface area (Å²) in [7, 11) is -3.80. The van der Waals surface area contributed by atoms with Crippen LogP contribution in [0.5, 0.6) is 0 Å². The largest absolute Gasteiger partial charge is 0.449 e. The predicted octanol–water partition coefficient (Wildman–Crippen LogP) is 4.49. The van der Waals surface area contributed by atoms with Gasteiger partial charge < -0.3 is 9.88 Å². The summed E-state index contributed by atoms with van der Waals surface area (Å²) in [5.74, 6) is -1.60. The Bertz CT molecular complexity index is 1340. The van der Waals surface area contributed by atoms with Gasteiger partial charge in [0.05, 0.1) is 15.9 Å². The molecular formula is C23H25F3N4O3S. The molecule has 1 saturated heterocycles.